The number of nitrogens with zero attached hydrogens (tertiary/aromatic N) is 1. The van der Waals surface area contributed by atoms with E-state index in [9.17, 15) is 14.0 Å². The maximum Gasteiger partial charge on any atom is 0.354 e. The first-order valence-corrected chi connectivity index (χ1v) is 6.27. The van der Waals surface area contributed by atoms with Gasteiger partial charge in [0.2, 0.25) is 0 Å². The molecule has 1 amide bonds. The summed E-state index contributed by atoms with van der Waals surface area (Å²) in [7, 11) is 0. The van der Waals surface area contributed by atoms with Gasteiger partial charge in [-0.15, -0.1) is 0 Å². The van der Waals surface area contributed by atoms with Crippen LogP contribution in [0.15, 0.2) is 29.0 Å². The van der Waals surface area contributed by atoms with E-state index >= 15 is 0 Å². The van der Waals surface area contributed by atoms with Crippen molar-refractivity contribution in [2.45, 2.75) is 6.54 Å². The SMILES string of the molecule is O=C(NCc1cc(F)ccc1Br)c1nc[nH]c1C(=O)O. The highest BCUT2D eigenvalue weighted by atomic mass is 79.9. The van der Waals surface area contributed by atoms with Gasteiger partial charge in [0.05, 0.1) is 6.33 Å². The summed E-state index contributed by atoms with van der Waals surface area (Å²) in [4.78, 5) is 28.7. The smallest absolute Gasteiger partial charge is 0.354 e. The number of halogens is 2. The summed E-state index contributed by atoms with van der Waals surface area (Å²) >= 11 is 3.23. The second kappa shape index (κ2) is 5.83. The Balaban J connectivity index is 2.11. The molecule has 6 nitrogen and oxygen atoms in total. The molecular formula is C12H9BrFN3O3. The van der Waals surface area contributed by atoms with Crippen LogP contribution in [0.25, 0.3) is 0 Å². The van der Waals surface area contributed by atoms with E-state index in [1.54, 1.807) is 0 Å². The van der Waals surface area contributed by atoms with Gasteiger partial charge in [0.15, 0.2) is 11.4 Å². The van der Waals surface area contributed by atoms with Gasteiger partial charge in [0, 0.05) is 11.0 Å². The number of benzene rings is 1. The lowest BCUT2D eigenvalue weighted by molar-refractivity contribution is 0.0685. The Labute approximate surface area is 121 Å². The van der Waals surface area contributed by atoms with Crippen LogP contribution in [0.5, 0.6) is 0 Å². The average molecular weight is 342 g/mol. The minimum Gasteiger partial charge on any atom is -0.477 e. The van der Waals surface area contributed by atoms with Crippen molar-refractivity contribution >= 4 is 27.8 Å². The highest BCUT2D eigenvalue weighted by molar-refractivity contribution is 9.10. The van der Waals surface area contributed by atoms with Crippen LogP contribution in [0.1, 0.15) is 26.5 Å². The molecule has 0 bridgehead atoms. The van der Waals surface area contributed by atoms with Crippen LogP contribution in [-0.4, -0.2) is 27.0 Å². The van der Waals surface area contributed by atoms with Crippen molar-refractivity contribution < 1.29 is 19.1 Å². The van der Waals surface area contributed by atoms with Crippen molar-refractivity contribution in [3.63, 3.8) is 0 Å². The van der Waals surface area contributed by atoms with Gasteiger partial charge >= 0.3 is 5.97 Å². The first-order valence-electron chi connectivity index (χ1n) is 5.48. The van der Waals surface area contributed by atoms with E-state index in [1.807, 2.05) is 0 Å². The molecule has 1 aromatic carbocycles. The van der Waals surface area contributed by atoms with E-state index in [0.717, 1.165) is 6.33 Å². The number of amides is 1. The van der Waals surface area contributed by atoms with E-state index < -0.39 is 17.7 Å². The number of aromatic amines is 1. The minimum atomic E-state index is -1.28. The van der Waals surface area contributed by atoms with Gasteiger partial charge in [0.1, 0.15) is 5.82 Å². The topological polar surface area (TPSA) is 95.1 Å². The summed E-state index contributed by atoms with van der Waals surface area (Å²) in [6.45, 7) is 0.0447. The van der Waals surface area contributed by atoms with Crippen molar-refractivity contribution in [3.8, 4) is 0 Å². The summed E-state index contributed by atoms with van der Waals surface area (Å²) < 4.78 is 13.7. The van der Waals surface area contributed by atoms with Crippen molar-refractivity contribution in [2.24, 2.45) is 0 Å². The molecule has 0 spiro atoms. The maximum atomic E-state index is 13.1. The molecule has 3 N–H and O–H groups in total. The summed E-state index contributed by atoms with van der Waals surface area (Å²) in [6, 6.07) is 4.08. The molecule has 0 aliphatic heterocycles. The van der Waals surface area contributed by atoms with Gasteiger partial charge in [-0.2, -0.15) is 0 Å². The van der Waals surface area contributed by atoms with Gasteiger partial charge < -0.3 is 15.4 Å². The maximum absolute atomic E-state index is 13.1. The van der Waals surface area contributed by atoms with Crippen LogP contribution in [0.2, 0.25) is 0 Å². The molecule has 1 aromatic heterocycles. The molecule has 0 saturated heterocycles. The normalized spacial score (nSPS) is 10.3. The molecule has 1 heterocycles. The predicted octanol–water partition coefficient (Wildman–Crippen LogP) is 1.94. The fourth-order valence-corrected chi connectivity index (χ4v) is 1.95. The number of nitrogens with one attached hydrogen (secondary N) is 2. The lowest BCUT2D eigenvalue weighted by Crippen LogP contribution is -2.25. The van der Waals surface area contributed by atoms with Crippen LogP contribution in [0, 0.1) is 5.82 Å². The first-order chi connectivity index (χ1) is 9.49. The standard InChI is InChI=1S/C12H9BrFN3O3/c13-8-2-1-7(14)3-6(8)4-15-11(18)9-10(12(19)20)17-5-16-9/h1-3,5H,4H2,(H,15,18)(H,16,17)(H,19,20). The highest BCUT2D eigenvalue weighted by Gasteiger charge is 2.19. The third-order valence-corrected chi connectivity index (χ3v) is 3.29. The second-order valence-corrected chi connectivity index (χ2v) is 4.70. The van der Waals surface area contributed by atoms with E-state index in [0.29, 0.717) is 10.0 Å². The van der Waals surface area contributed by atoms with Crippen LogP contribution >= 0.6 is 15.9 Å². The van der Waals surface area contributed by atoms with Crippen molar-refractivity contribution in [1.29, 1.82) is 0 Å². The van der Waals surface area contributed by atoms with Crippen LogP contribution < -0.4 is 5.32 Å². The molecule has 2 rings (SSSR count). The monoisotopic (exact) mass is 341 g/mol. The zero-order chi connectivity index (χ0) is 14.7. The number of H-pyrrole nitrogens is 1. The number of aromatic nitrogens is 2. The number of aromatic carboxylic acids is 1. The molecule has 0 aliphatic carbocycles. The molecule has 104 valence electrons. The fraction of sp³-hybridized carbons (Fsp3) is 0.0833. The summed E-state index contributed by atoms with van der Waals surface area (Å²) in [5, 5.41) is 11.3. The molecule has 0 radical (unpaired) electrons. The number of carbonyl (C=O) groups is 2. The van der Waals surface area contributed by atoms with Crippen LogP contribution in [-0.2, 0) is 6.54 Å². The Morgan fingerprint density at radius 3 is 2.90 bits per heavy atom. The fourth-order valence-electron chi connectivity index (χ4n) is 1.57. The van der Waals surface area contributed by atoms with Gasteiger partial charge in [-0.05, 0) is 23.8 Å². The highest BCUT2D eigenvalue weighted by Crippen LogP contribution is 2.17. The summed E-state index contributed by atoms with van der Waals surface area (Å²) in [6.07, 6.45) is 1.12. The molecule has 8 heteroatoms. The molecule has 0 saturated carbocycles. The Hall–Kier alpha value is -2.22. The minimum absolute atomic E-state index is 0.0447. The van der Waals surface area contributed by atoms with Gasteiger partial charge in [-0.1, -0.05) is 15.9 Å². The third-order valence-electron chi connectivity index (χ3n) is 2.52. The van der Waals surface area contributed by atoms with E-state index in [1.165, 1.54) is 18.2 Å². The predicted molar refractivity (Wildman–Crippen MR) is 70.8 cm³/mol. The van der Waals surface area contributed by atoms with E-state index in [-0.39, 0.29) is 17.9 Å². The zero-order valence-electron chi connectivity index (χ0n) is 9.98. The average Bonchev–Trinajstić information content (AvgIpc) is 2.89. The van der Waals surface area contributed by atoms with Crippen LogP contribution in [0.4, 0.5) is 4.39 Å². The lowest BCUT2D eigenvalue weighted by Gasteiger charge is -2.06. The second-order valence-electron chi connectivity index (χ2n) is 3.85. The number of rotatable bonds is 4. The largest absolute Gasteiger partial charge is 0.477 e. The first kappa shape index (κ1) is 14.2. The number of imidazole rings is 1. The van der Waals surface area contributed by atoms with Crippen LogP contribution in [0.3, 0.4) is 0 Å². The number of hydrogen-bond acceptors (Lipinski definition) is 3. The quantitative estimate of drug-likeness (QED) is 0.791. The Bertz CT molecular complexity index is 672. The number of hydrogen-bond donors (Lipinski definition) is 3. The van der Waals surface area contributed by atoms with Crippen molar-refractivity contribution in [3.05, 3.63) is 51.8 Å². The van der Waals surface area contributed by atoms with E-state index in [2.05, 4.69) is 31.2 Å². The van der Waals surface area contributed by atoms with Gasteiger partial charge in [-0.25, -0.2) is 14.2 Å². The van der Waals surface area contributed by atoms with Crippen molar-refractivity contribution in [2.75, 3.05) is 0 Å². The molecule has 2 aromatic rings. The Kier molecular flexibility index (Phi) is 4.14. The van der Waals surface area contributed by atoms with Gasteiger partial charge in [-0.3, -0.25) is 4.79 Å². The van der Waals surface area contributed by atoms with E-state index in [4.69, 9.17) is 5.11 Å². The zero-order valence-corrected chi connectivity index (χ0v) is 11.6. The summed E-state index contributed by atoms with van der Waals surface area (Å²) in [5.74, 6) is -2.36. The summed E-state index contributed by atoms with van der Waals surface area (Å²) in [5.41, 5.74) is 0.0246. The lowest BCUT2D eigenvalue weighted by atomic mass is 10.2. The number of carbonyl (C=O) groups excluding carboxylic acids is 1. The number of carboxylic acid groups (broad SMARTS) is 1. The third kappa shape index (κ3) is 3.02. The Morgan fingerprint density at radius 2 is 2.20 bits per heavy atom. The van der Waals surface area contributed by atoms with Crippen molar-refractivity contribution in [1.82, 2.24) is 15.3 Å². The van der Waals surface area contributed by atoms with Gasteiger partial charge in [0.25, 0.3) is 5.91 Å². The molecule has 20 heavy (non-hydrogen) atoms. The molecular weight excluding hydrogens is 333 g/mol. The molecule has 0 atom stereocenters. The number of carboxylic acids is 1. The molecule has 0 fully saturated rings. The molecule has 0 aliphatic rings. The Morgan fingerprint density at radius 1 is 1.45 bits per heavy atom. The molecule has 0 unspecified atom stereocenters.